The number of halogens is 1. The lowest BCUT2D eigenvalue weighted by atomic mass is 9.97. The summed E-state index contributed by atoms with van der Waals surface area (Å²) in [4.78, 5) is 26.3. The Bertz CT molecular complexity index is 1300. The first-order valence-electron chi connectivity index (χ1n) is 11.8. The van der Waals surface area contributed by atoms with Gasteiger partial charge in [-0.3, -0.25) is 9.69 Å². The normalized spacial score (nSPS) is 16.6. The molecule has 8 nitrogen and oxygen atoms in total. The number of aliphatic hydroxyl groups excluding tert-OH is 2. The third kappa shape index (κ3) is 4.42. The highest BCUT2D eigenvalue weighted by atomic mass is 19.1. The number of carbonyl (C=O) groups excluding carboxylic acids is 1. The van der Waals surface area contributed by atoms with Crippen LogP contribution in [-0.2, 0) is 11.3 Å². The first kappa shape index (κ1) is 23.5. The van der Waals surface area contributed by atoms with Gasteiger partial charge in [0.15, 0.2) is 0 Å². The summed E-state index contributed by atoms with van der Waals surface area (Å²) >= 11 is 0. The van der Waals surface area contributed by atoms with Crippen LogP contribution in [0, 0.1) is 5.82 Å². The molecule has 0 saturated carbocycles. The molecule has 9 heteroatoms. The number of aliphatic hydroxyl groups is 2. The molecule has 5 rings (SSSR count). The second kappa shape index (κ2) is 9.41. The van der Waals surface area contributed by atoms with Crippen LogP contribution in [0.15, 0.2) is 36.5 Å². The highest BCUT2D eigenvalue weighted by Gasteiger charge is 2.27. The Hall–Kier alpha value is -3.27. The Morgan fingerprint density at radius 3 is 2.89 bits per heavy atom. The molecule has 2 aliphatic rings. The predicted octanol–water partition coefficient (Wildman–Crippen LogP) is 2.22. The Balaban J connectivity index is 1.41. The maximum absolute atomic E-state index is 14.2. The molecule has 1 unspecified atom stereocenters. The molecule has 0 spiro atoms. The zero-order valence-electron chi connectivity index (χ0n) is 20.0. The summed E-state index contributed by atoms with van der Waals surface area (Å²) in [5.41, 5.74) is 7.00. The molecule has 3 N–H and O–H groups in total. The Morgan fingerprint density at radius 2 is 2.14 bits per heavy atom. The number of carbonyl (C=O) groups is 1. The van der Waals surface area contributed by atoms with Crippen molar-refractivity contribution >= 4 is 28.2 Å². The molecular formula is C26H30FN5O3. The molecule has 4 heterocycles. The summed E-state index contributed by atoms with van der Waals surface area (Å²) in [6.45, 7) is 2.03. The van der Waals surface area contributed by atoms with Crippen molar-refractivity contribution in [2.45, 2.75) is 19.1 Å². The number of likely N-dealkylation sites (N-methyl/N-ethyl adjacent to an activating group) is 1. The van der Waals surface area contributed by atoms with Crippen LogP contribution in [0.3, 0.4) is 0 Å². The van der Waals surface area contributed by atoms with E-state index in [1.807, 2.05) is 19.2 Å². The summed E-state index contributed by atoms with van der Waals surface area (Å²) < 4.78 is 14.2. The van der Waals surface area contributed by atoms with E-state index in [9.17, 15) is 14.3 Å². The third-order valence-corrected chi connectivity index (χ3v) is 6.95. The second-order valence-electron chi connectivity index (χ2n) is 9.40. The van der Waals surface area contributed by atoms with Gasteiger partial charge in [-0.2, -0.15) is 0 Å². The van der Waals surface area contributed by atoms with Gasteiger partial charge in [-0.25, -0.2) is 9.37 Å². The minimum absolute atomic E-state index is 0.0907. The fourth-order valence-corrected chi connectivity index (χ4v) is 5.09. The number of anilines is 1. The van der Waals surface area contributed by atoms with Gasteiger partial charge < -0.3 is 25.0 Å². The van der Waals surface area contributed by atoms with Gasteiger partial charge in [0.2, 0.25) is 5.91 Å². The molecular weight excluding hydrogens is 449 g/mol. The fraction of sp³-hybridized carbons (Fsp3) is 0.385. The number of aromatic amines is 1. The number of nitrogens with one attached hydrogen (secondary N) is 1. The molecule has 0 fully saturated rings. The minimum atomic E-state index is -0.931. The van der Waals surface area contributed by atoms with Crippen molar-refractivity contribution in [3.63, 3.8) is 0 Å². The molecule has 184 valence electrons. The molecule has 35 heavy (non-hydrogen) atoms. The summed E-state index contributed by atoms with van der Waals surface area (Å²) in [5, 5.41) is 19.6. The largest absolute Gasteiger partial charge is 0.394 e. The number of H-pyrrole nitrogens is 1. The van der Waals surface area contributed by atoms with Gasteiger partial charge in [0, 0.05) is 74.4 Å². The summed E-state index contributed by atoms with van der Waals surface area (Å²) in [7, 11) is 3.65. The Labute approximate surface area is 203 Å². The van der Waals surface area contributed by atoms with Crippen molar-refractivity contribution < 1.29 is 19.4 Å². The first-order valence-corrected chi connectivity index (χ1v) is 11.8. The lowest BCUT2D eigenvalue weighted by molar-refractivity contribution is -0.132. The maximum atomic E-state index is 14.2. The third-order valence-electron chi connectivity index (χ3n) is 6.95. The SMILES string of the molecule is CN(CC(O)CO)C(=O)CN1CC=C(c2[nH]c3nccc4c3c2CN(C)c2ccc(F)cc2-4)CC1. The zero-order chi connectivity index (χ0) is 24.7. The first-order chi connectivity index (χ1) is 16.9. The number of rotatable bonds is 6. The summed E-state index contributed by atoms with van der Waals surface area (Å²) in [5.74, 6) is -0.352. The van der Waals surface area contributed by atoms with Crippen LogP contribution in [0.25, 0.3) is 27.7 Å². The molecule has 2 aliphatic heterocycles. The number of fused-ring (bicyclic) bond motifs is 2. The summed E-state index contributed by atoms with van der Waals surface area (Å²) in [6.07, 6.45) is 3.75. The smallest absolute Gasteiger partial charge is 0.236 e. The zero-order valence-corrected chi connectivity index (χ0v) is 20.0. The predicted molar refractivity (Wildman–Crippen MR) is 133 cm³/mol. The van der Waals surface area contributed by atoms with Gasteiger partial charge in [-0.15, -0.1) is 0 Å². The van der Waals surface area contributed by atoms with Crippen molar-refractivity contribution in [1.29, 1.82) is 0 Å². The van der Waals surface area contributed by atoms with Gasteiger partial charge >= 0.3 is 0 Å². The molecule has 0 saturated heterocycles. The molecule has 1 aromatic carbocycles. The van der Waals surface area contributed by atoms with E-state index in [0.29, 0.717) is 13.1 Å². The number of pyridine rings is 1. The minimum Gasteiger partial charge on any atom is -0.394 e. The van der Waals surface area contributed by atoms with E-state index in [1.165, 1.54) is 16.5 Å². The summed E-state index contributed by atoms with van der Waals surface area (Å²) in [6, 6.07) is 6.87. The van der Waals surface area contributed by atoms with Crippen LogP contribution < -0.4 is 4.90 Å². The van der Waals surface area contributed by atoms with E-state index in [2.05, 4.69) is 25.8 Å². The number of nitrogens with zero attached hydrogens (tertiary/aromatic N) is 4. The van der Waals surface area contributed by atoms with E-state index in [0.717, 1.165) is 52.1 Å². The van der Waals surface area contributed by atoms with Crippen molar-refractivity contribution in [1.82, 2.24) is 19.8 Å². The second-order valence-corrected chi connectivity index (χ2v) is 9.40. The van der Waals surface area contributed by atoms with E-state index in [-0.39, 0.29) is 31.4 Å². The lowest BCUT2D eigenvalue weighted by Gasteiger charge is -2.28. The average Bonchev–Trinajstić information content (AvgIpc) is 3.16. The monoisotopic (exact) mass is 479 g/mol. The van der Waals surface area contributed by atoms with E-state index < -0.39 is 6.10 Å². The van der Waals surface area contributed by atoms with Crippen molar-refractivity contribution in [2.24, 2.45) is 0 Å². The van der Waals surface area contributed by atoms with Gasteiger partial charge in [0.05, 0.1) is 19.3 Å². The van der Waals surface area contributed by atoms with E-state index >= 15 is 0 Å². The van der Waals surface area contributed by atoms with Crippen LogP contribution in [0.4, 0.5) is 10.1 Å². The number of hydrogen-bond acceptors (Lipinski definition) is 6. The van der Waals surface area contributed by atoms with Crippen LogP contribution in [0.2, 0.25) is 0 Å². The van der Waals surface area contributed by atoms with Crippen molar-refractivity contribution in [2.75, 3.05) is 51.8 Å². The number of hydrogen-bond donors (Lipinski definition) is 3. The molecule has 1 amide bonds. The highest BCUT2D eigenvalue weighted by molar-refractivity contribution is 6.02. The molecule has 0 radical (unpaired) electrons. The molecule has 2 aromatic heterocycles. The van der Waals surface area contributed by atoms with Crippen molar-refractivity contribution in [3.05, 3.63) is 53.6 Å². The Kier molecular flexibility index (Phi) is 6.31. The maximum Gasteiger partial charge on any atom is 0.236 e. The van der Waals surface area contributed by atoms with Crippen molar-refractivity contribution in [3.8, 4) is 11.1 Å². The quantitative estimate of drug-likeness (QED) is 0.502. The number of benzene rings is 1. The topological polar surface area (TPSA) is 95.9 Å². The van der Waals surface area contributed by atoms with E-state index in [1.54, 1.807) is 19.3 Å². The highest BCUT2D eigenvalue weighted by Crippen LogP contribution is 2.43. The number of aromatic nitrogens is 2. The van der Waals surface area contributed by atoms with Crippen LogP contribution in [0.5, 0.6) is 0 Å². The molecule has 0 aliphatic carbocycles. The number of amides is 1. The van der Waals surface area contributed by atoms with Crippen LogP contribution in [0.1, 0.15) is 17.7 Å². The van der Waals surface area contributed by atoms with Gasteiger partial charge in [0.1, 0.15) is 11.5 Å². The van der Waals surface area contributed by atoms with Crippen LogP contribution >= 0.6 is 0 Å². The molecule has 0 bridgehead atoms. The van der Waals surface area contributed by atoms with Crippen LogP contribution in [-0.4, -0.2) is 88.9 Å². The van der Waals surface area contributed by atoms with E-state index in [4.69, 9.17) is 5.11 Å². The lowest BCUT2D eigenvalue weighted by Crippen LogP contribution is -2.43. The fourth-order valence-electron chi connectivity index (χ4n) is 5.09. The van der Waals surface area contributed by atoms with Gasteiger partial charge in [0.25, 0.3) is 0 Å². The average molecular weight is 480 g/mol. The molecule has 3 aromatic rings. The Morgan fingerprint density at radius 1 is 1.31 bits per heavy atom. The standard InChI is InChI=1S/C26H30FN5O3/c1-30-13-21-24-19(20-11-17(27)3-4-22(20)30)5-8-28-26(24)29-25(21)16-6-9-32(10-7-16)14-23(35)31(2)12-18(34)15-33/h3-6,8,11,18,33-34H,7,9-10,12-15H2,1-2H3,(H,28,29). The van der Waals surface area contributed by atoms with Gasteiger partial charge in [-0.1, -0.05) is 6.08 Å². The molecule has 1 atom stereocenters. The van der Waals surface area contributed by atoms with Gasteiger partial charge in [-0.05, 0) is 41.8 Å².